The molecule has 98 valence electrons. The van der Waals surface area contributed by atoms with Crippen molar-refractivity contribution < 1.29 is 0 Å². The molecule has 0 bridgehead atoms. The van der Waals surface area contributed by atoms with E-state index in [0.29, 0.717) is 5.95 Å². The van der Waals surface area contributed by atoms with Crippen LogP contribution in [0, 0.1) is 10.5 Å². The molecule has 0 aliphatic rings. The first-order chi connectivity index (χ1) is 9.13. The highest BCUT2D eigenvalue weighted by atomic mass is 127. The lowest BCUT2D eigenvalue weighted by Crippen LogP contribution is -2.05. The summed E-state index contributed by atoms with van der Waals surface area (Å²) in [6.07, 6.45) is 0.881. The van der Waals surface area contributed by atoms with E-state index < -0.39 is 0 Å². The lowest BCUT2D eigenvalue weighted by Gasteiger charge is -2.04. The maximum absolute atomic E-state index is 6.00. The molecule has 0 amide bonds. The molecule has 3 aromatic rings. The standard InChI is InChI=1S/C13H13IN4S/c1-8-16-10(7-19-8)4-5-18-12-3-2-9(14)6-11(12)17-13(18)15/h2-3,6-7H,4-5H2,1H3,(H2,15,17). The summed E-state index contributed by atoms with van der Waals surface area (Å²) in [7, 11) is 0. The number of aryl methyl sites for hydroxylation is 3. The second-order valence-corrected chi connectivity index (χ2v) is 6.67. The quantitative estimate of drug-likeness (QED) is 0.706. The fraction of sp³-hybridized carbons (Fsp3) is 0.231. The van der Waals surface area contributed by atoms with Crippen molar-refractivity contribution in [3.63, 3.8) is 0 Å². The fourth-order valence-corrected chi connectivity index (χ4v) is 3.23. The second-order valence-electron chi connectivity index (χ2n) is 4.36. The number of anilines is 1. The maximum atomic E-state index is 6.00. The van der Waals surface area contributed by atoms with Crippen molar-refractivity contribution in [3.05, 3.63) is 37.9 Å². The number of halogens is 1. The Balaban J connectivity index is 1.90. The summed E-state index contributed by atoms with van der Waals surface area (Å²) in [6.45, 7) is 2.84. The smallest absolute Gasteiger partial charge is 0.201 e. The molecule has 19 heavy (non-hydrogen) atoms. The summed E-state index contributed by atoms with van der Waals surface area (Å²) in [5, 5.41) is 3.21. The van der Waals surface area contributed by atoms with Crippen LogP contribution in [0.2, 0.25) is 0 Å². The normalized spacial score (nSPS) is 11.3. The highest BCUT2D eigenvalue weighted by Crippen LogP contribution is 2.21. The van der Waals surface area contributed by atoms with E-state index in [4.69, 9.17) is 5.73 Å². The second kappa shape index (κ2) is 5.09. The number of aromatic nitrogens is 3. The Morgan fingerprint density at radius 3 is 2.95 bits per heavy atom. The third-order valence-corrected chi connectivity index (χ3v) is 4.49. The molecule has 4 nitrogen and oxygen atoms in total. The summed E-state index contributed by atoms with van der Waals surface area (Å²) in [6, 6.07) is 6.20. The number of imidazole rings is 1. The first-order valence-corrected chi connectivity index (χ1v) is 7.91. The van der Waals surface area contributed by atoms with Gasteiger partial charge in [-0.1, -0.05) is 0 Å². The number of nitrogens with zero attached hydrogens (tertiary/aromatic N) is 3. The van der Waals surface area contributed by atoms with E-state index in [2.05, 4.69) is 60.7 Å². The number of nitrogen functional groups attached to an aromatic ring is 1. The predicted octanol–water partition coefficient (Wildman–Crippen LogP) is 3.23. The topological polar surface area (TPSA) is 56.7 Å². The molecule has 1 aromatic carbocycles. The van der Waals surface area contributed by atoms with Gasteiger partial charge in [0.25, 0.3) is 0 Å². The molecule has 0 spiro atoms. The highest BCUT2D eigenvalue weighted by Gasteiger charge is 2.09. The SMILES string of the molecule is Cc1nc(CCn2c(N)nc3cc(I)ccc32)cs1. The summed E-state index contributed by atoms with van der Waals surface area (Å²) in [4.78, 5) is 8.89. The van der Waals surface area contributed by atoms with E-state index in [1.807, 2.05) is 6.92 Å². The van der Waals surface area contributed by atoms with Gasteiger partial charge < -0.3 is 10.3 Å². The number of hydrogen-bond acceptors (Lipinski definition) is 4. The van der Waals surface area contributed by atoms with Crippen molar-refractivity contribution in [2.24, 2.45) is 0 Å². The summed E-state index contributed by atoms with van der Waals surface area (Å²) < 4.78 is 3.23. The van der Waals surface area contributed by atoms with Crippen LogP contribution in [0.25, 0.3) is 11.0 Å². The van der Waals surface area contributed by atoms with E-state index in [9.17, 15) is 0 Å². The Kier molecular flexibility index (Phi) is 3.44. The van der Waals surface area contributed by atoms with Crippen LogP contribution in [0.5, 0.6) is 0 Å². The van der Waals surface area contributed by atoms with Gasteiger partial charge in [-0.2, -0.15) is 0 Å². The predicted molar refractivity (Wildman–Crippen MR) is 87.4 cm³/mol. The van der Waals surface area contributed by atoms with Gasteiger partial charge in [-0.3, -0.25) is 0 Å². The Bertz CT molecular complexity index is 731. The Hall–Kier alpha value is -1.15. The molecule has 0 aliphatic heterocycles. The van der Waals surface area contributed by atoms with Crippen molar-refractivity contribution in [1.29, 1.82) is 0 Å². The van der Waals surface area contributed by atoms with Crippen LogP contribution >= 0.6 is 33.9 Å². The van der Waals surface area contributed by atoms with Gasteiger partial charge in [0, 0.05) is 21.9 Å². The number of rotatable bonds is 3. The first kappa shape index (κ1) is 12.9. The number of nitrogens with two attached hydrogens (primary N) is 1. The van der Waals surface area contributed by atoms with Gasteiger partial charge >= 0.3 is 0 Å². The van der Waals surface area contributed by atoms with Gasteiger partial charge in [0.1, 0.15) is 0 Å². The van der Waals surface area contributed by atoms with E-state index >= 15 is 0 Å². The number of hydrogen-bond donors (Lipinski definition) is 1. The molecule has 0 saturated heterocycles. The molecular weight excluding hydrogens is 371 g/mol. The van der Waals surface area contributed by atoms with Gasteiger partial charge in [0.2, 0.25) is 5.95 Å². The monoisotopic (exact) mass is 384 g/mol. The molecule has 0 fully saturated rings. The minimum atomic E-state index is 0.573. The van der Waals surface area contributed by atoms with Gasteiger partial charge in [-0.25, -0.2) is 9.97 Å². The summed E-state index contributed by atoms with van der Waals surface area (Å²) >= 11 is 3.97. The molecule has 0 atom stereocenters. The van der Waals surface area contributed by atoms with E-state index in [0.717, 1.165) is 34.7 Å². The van der Waals surface area contributed by atoms with Crippen LogP contribution in [-0.2, 0) is 13.0 Å². The largest absolute Gasteiger partial charge is 0.369 e. The summed E-state index contributed by atoms with van der Waals surface area (Å²) in [5.41, 5.74) is 9.17. The van der Waals surface area contributed by atoms with Gasteiger partial charge in [-0.15, -0.1) is 11.3 Å². The molecular formula is C13H13IN4S. The summed E-state index contributed by atoms with van der Waals surface area (Å²) in [5.74, 6) is 0.573. The van der Waals surface area contributed by atoms with E-state index in [1.54, 1.807) is 11.3 Å². The third kappa shape index (κ3) is 2.59. The zero-order chi connectivity index (χ0) is 13.4. The van der Waals surface area contributed by atoms with Crippen molar-refractivity contribution in [1.82, 2.24) is 14.5 Å². The van der Waals surface area contributed by atoms with Gasteiger partial charge in [0.05, 0.1) is 21.7 Å². The number of benzene rings is 1. The van der Waals surface area contributed by atoms with Crippen molar-refractivity contribution >= 4 is 50.9 Å². The molecule has 0 unspecified atom stereocenters. The van der Waals surface area contributed by atoms with Crippen molar-refractivity contribution in [2.45, 2.75) is 19.9 Å². The number of thiazole rings is 1. The zero-order valence-electron chi connectivity index (χ0n) is 10.4. The van der Waals surface area contributed by atoms with Crippen molar-refractivity contribution in [3.8, 4) is 0 Å². The van der Waals surface area contributed by atoms with E-state index in [1.165, 1.54) is 3.57 Å². The van der Waals surface area contributed by atoms with Crippen LogP contribution in [0.15, 0.2) is 23.6 Å². The first-order valence-electron chi connectivity index (χ1n) is 5.96. The van der Waals surface area contributed by atoms with Crippen LogP contribution in [0.3, 0.4) is 0 Å². The lowest BCUT2D eigenvalue weighted by atomic mass is 10.3. The average molecular weight is 384 g/mol. The third-order valence-electron chi connectivity index (χ3n) is 3.00. The molecule has 3 rings (SSSR count). The molecule has 2 aromatic heterocycles. The maximum Gasteiger partial charge on any atom is 0.201 e. The Labute approximate surface area is 128 Å². The molecule has 0 saturated carbocycles. The lowest BCUT2D eigenvalue weighted by molar-refractivity contribution is 0.715. The molecule has 0 aliphatic carbocycles. The van der Waals surface area contributed by atoms with Gasteiger partial charge in [0.15, 0.2) is 0 Å². The molecule has 6 heteroatoms. The fourth-order valence-electron chi connectivity index (χ4n) is 2.11. The molecule has 0 radical (unpaired) electrons. The minimum absolute atomic E-state index is 0.573. The zero-order valence-corrected chi connectivity index (χ0v) is 13.4. The highest BCUT2D eigenvalue weighted by molar-refractivity contribution is 14.1. The average Bonchev–Trinajstić information content (AvgIpc) is 2.89. The van der Waals surface area contributed by atoms with Crippen LogP contribution in [-0.4, -0.2) is 14.5 Å². The van der Waals surface area contributed by atoms with Crippen LogP contribution in [0.4, 0.5) is 5.95 Å². The van der Waals surface area contributed by atoms with E-state index in [-0.39, 0.29) is 0 Å². The number of fused-ring (bicyclic) bond motifs is 1. The van der Waals surface area contributed by atoms with Gasteiger partial charge in [-0.05, 0) is 47.7 Å². The Morgan fingerprint density at radius 1 is 1.37 bits per heavy atom. The molecule has 2 heterocycles. The van der Waals surface area contributed by atoms with Crippen LogP contribution in [0.1, 0.15) is 10.7 Å². The van der Waals surface area contributed by atoms with Crippen LogP contribution < -0.4 is 5.73 Å². The van der Waals surface area contributed by atoms with Crippen molar-refractivity contribution in [2.75, 3.05) is 5.73 Å². The Morgan fingerprint density at radius 2 is 2.21 bits per heavy atom. The molecule has 2 N–H and O–H groups in total. The minimum Gasteiger partial charge on any atom is -0.369 e.